The Morgan fingerprint density at radius 3 is 2.94 bits per heavy atom. The van der Waals surface area contributed by atoms with Gasteiger partial charge in [-0.25, -0.2) is 0 Å². The van der Waals surface area contributed by atoms with Gasteiger partial charge in [0.05, 0.1) is 4.91 Å². The number of hydrogen-bond donors (Lipinski definition) is 0. The number of thiocarbonyl (C=S) groups is 1. The van der Waals surface area contributed by atoms with Gasteiger partial charge in [0.25, 0.3) is 5.91 Å². The summed E-state index contributed by atoms with van der Waals surface area (Å²) in [6, 6.07) is 7.41. The van der Waals surface area contributed by atoms with Crippen LogP contribution in [0, 0.1) is 0 Å². The van der Waals surface area contributed by atoms with Crippen LogP contribution in [0.2, 0.25) is 5.02 Å². The quantitative estimate of drug-likeness (QED) is 0.622. The summed E-state index contributed by atoms with van der Waals surface area (Å²) in [6.07, 6.45) is 2.73. The lowest BCUT2D eigenvalue weighted by atomic mass is 10.2. The summed E-state index contributed by atoms with van der Waals surface area (Å²) in [5, 5.41) is 0.660. The third-order valence-corrected chi connectivity index (χ3v) is 4.08. The molecule has 1 aromatic carbocycles. The van der Waals surface area contributed by atoms with Gasteiger partial charge in [-0.3, -0.25) is 9.69 Å². The molecule has 0 saturated carbocycles. The first-order chi connectivity index (χ1) is 8.61. The summed E-state index contributed by atoms with van der Waals surface area (Å²) < 4.78 is 0.634. The van der Waals surface area contributed by atoms with Crippen LogP contribution in [-0.4, -0.2) is 21.7 Å². The lowest BCUT2D eigenvalue weighted by molar-refractivity contribution is -0.122. The van der Waals surface area contributed by atoms with E-state index >= 15 is 0 Å². The Labute approximate surface area is 121 Å². The van der Waals surface area contributed by atoms with E-state index in [2.05, 4.69) is 0 Å². The molecule has 0 radical (unpaired) electrons. The first-order valence-electron chi connectivity index (χ1n) is 5.62. The number of benzene rings is 1. The minimum atomic E-state index is -0.00757. The molecule has 0 bridgehead atoms. The Morgan fingerprint density at radius 1 is 1.50 bits per heavy atom. The van der Waals surface area contributed by atoms with Gasteiger partial charge < -0.3 is 0 Å². The van der Waals surface area contributed by atoms with E-state index in [0.717, 1.165) is 12.0 Å². The molecule has 1 aliphatic heterocycles. The molecule has 2 nitrogen and oxygen atoms in total. The van der Waals surface area contributed by atoms with E-state index < -0.39 is 0 Å². The molecular weight excluding hydrogens is 286 g/mol. The van der Waals surface area contributed by atoms with Crippen molar-refractivity contribution in [1.29, 1.82) is 0 Å². The highest BCUT2D eigenvalue weighted by Gasteiger charge is 2.30. The molecule has 0 atom stereocenters. The van der Waals surface area contributed by atoms with E-state index in [4.69, 9.17) is 23.8 Å². The van der Waals surface area contributed by atoms with Crippen LogP contribution in [0.4, 0.5) is 0 Å². The van der Waals surface area contributed by atoms with Crippen molar-refractivity contribution in [3.63, 3.8) is 0 Å². The Bertz CT molecular complexity index is 527. The Hall–Kier alpha value is -0.840. The monoisotopic (exact) mass is 297 g/mol. The standard InChI is InChI=1S/C13H12ClNOS2/c1-2-6-15-12(16)11(18-13(15)17)8-9-4-3-5-10(14)7-9/h3-5,7-8H,2,6H2,1H3/b11-8+. The molecule has 1 fully saturated rings. The van der Waals surface area contributed by atoms with Crippen LogP contribution in [0.15, 0.2) is 29.2 Å². The summed E-state index contributed by atoms with van der Waals surface area (Å²) in [4.78, 5) is 14.4. The number of carbonyl (C=O) groups excluding carboxylic acids is 1. The van der Waals surface area contributed by atoms with Gasteiger partial charge in [-0.2, -0.15) is 0 Å². The fraction of sp³-hybridized carbons (Fsp3) is 0.231. The van der Waals surface area contributed by atoms with Gasteiger partial charge in [-0.15, -0.1) is 0 Å². The third kappa shape index (κ3) is 2.94. The van der Waals surface area contributed by atoms with Crippen molar-refractivity contribution in [2.24, 2.45) is 0 Å². The Morgan fingerprint density at radius 2 is 2.28 bits per heavy atom. The minimum absolute atomic E-state index is 0.00757. The molecule has 0 unspecified atom stereocenters. The molecule has 5 heteroatoms. The highest BCUT2D eigenvalue weighted by atomic mass is 35.5. The lowest BCUT2D eigenvalue weighted by Crippen LogP contribution is -2.28. The molecule has 1 saturated heterocycles. The first kappa shape index (κ1) is 13.6. The second-order valence-electron chi connectivity index (χ2n) is 3.89. The zero-order valence-corrected chi connectivity index (χ0v) is 12.2. The predicted octanol–water partition coefficient (Wildman–Crippen LogP) is 3.95. The van der Waals surface area contributed by atoms with Crippen molar-refractivity contribution in [2.75, 3.05) is 6.54 Å². The lowest BCUT2D eigenvalue weighted by Gasteiger charge is -2.11. The molecule has 0 spiro atoms. The fourth-order valence-electron chi connectivity index (χ4n) is 1.66. The van der Waals surface area contributed by atoms with Gasteiger partial charge in [-0.1, -0.05) is 54.6 Å². The zero-order valence-electron chi connectivity index (χ0n) is 9.85. The summed E-state index contributed by atoms with van der Waals surface area (Å²) in [5.41, 5.74) is 0.916. The van der Waals surface area contributed by atoms with E-state index in [1.54, 1.807) is 11.0 Å². The van der Waals surface area contributed by atoms with E-state index in [1.807, 2.05) is 31.2 Å². The molecule has 1 amide bonds. The highest BCUT2D eigenvalue weighted by molar-refractivity contribution is 8.26. The smallest absolute Gasteiger partial charge is 0.266 e. The van der Waals surface area contributed by atoms with E-state index in [-0.39, 0.29) is 5.91 Å². The highest BCUT2D eigenvalue weighted by Crippen LogP contribution is 2.32. The van der Waals surface area contributed by atoms with Crippen molar-refractivity contribution in [1.82, 2.24) is 4.90 Å². The molecular formula is C13H12ClNOS2. The average molecular weight is 298 g/mol. The van der Waals surface area contributed by atoms with E-state index in [1.165, 1.54) is 11.8 Å². The van der Waals surface area contributed by atoms with Crippen LogP contribution < -0.4 is 0 Å². The molecule has 0 N–H and O–H groups in total. The van der Waals surface area contributed by atoms with E-state index in [0.29, 0.717) is 20.8 Å². The largest absolute Gasteiger partial charge is 0.293 e. The van der Waals surface area contributed by atoms with Crippen LogP contribution in [-0.2, 0) is 4.79 Å². The number of nitrogens with zero attached hydrogens (tertiary/aromatic N) is 1. The molecule has 1 aliphatic rings. The summed E-state index contributed by atoms with van der Waals surface area (Å²) >= 11 is 12.5. The molecule has 94 valence electrons. The Kier molecular flexibility index (Phi) is 4.43. The molecule has 1 heterocycles. The summed E-state index contributed by atoms with van der Waals surface area (Å²) in [6.45, 7) is 2.71. The number of halogens is 1. The van der Waals surface area contributed by atoms with Crippen LogP contribution >= 0.6 is 35.6 Å². The van der Waals surface area contributed by atoms with Crippen molar-refractivity contribution in [2.45, 2.75) is 13.3 Å². The van der Waals surface area contributed by atoms with Gasteiger partial charge in [0.1, 0.15) is 4.32 Å². The van der Waals surface area contributed by atoms with Gasteiger partial charge in [0, 0.05) is 11.6 Å². The van der Waals surface area contributed by atoms with Gasteiger partial charge in [0.2, 0.25) is 0 Å². The van der Waals surface area contributed by atoms with Crippen LogP contribution in [0.5, 0.6) is 0 Å². The second kappa shape index (κ2) is 5.87. The zero-order chi connectivity index (χ0) is 13.1. The van der Waals surface area contributed by atoms with Crippen molar-refractivity contribution < 1.29 is 4.79 Å². The predicted molar refractivity (Wildman–Crippen MR) is 81.6 cm³/mol. The van der Waals surface area contributed by atoms with Crippen LogP contribution in [0.3, 0.4) is 0 Å². The normalized spacial score (nSPS) is 17.9. The average Bonchev–Trinajstić information content (AvgIpc) is 2.57. The maximum atomic E-state index is 12.1. The molecule has 0 aromatic heterocycles. The van der Waals surface area contributed by atoms with Crippen LogP contribution in [0.25, 0.3) is 6.08 Å². The number of rotatable bonds is 3. The van der Waals surface area contributed by atoms with Crippen molar-refractivity contribution >= 4 is 51.9 Å². The topological polar surface area (TPSA) is 20.3 Å². The molecule has 0 aliphatic carbocycles. The summed E-state index contributed by atoms with van der Waals surface area (Å²) in [5.74, 6) is -0.00757. The van der Waals surface area contributed by atoms with E-state index in [9.17, 15) is 4.79 Å². The summed E-state index contributed by atoms with van der Waals surface area (Å²) in [7, 11) is 0. The SMILES string of the molecule is CCCN1C(=O)/C(=C\c2cccc(Cl)c2)SC1=S. The van der Waals surface area contributed by atoms with Crippen LogP contribution in [0.1, 0.15) is 18.9 Å². The maximum absolute atomic E-state index is 12.1. The number of hydrogen-bond acceptors (Lipinski definition) is 3. The number of thioether (sulfide) groups is 1. The molecule has 1 aromatic rings. The maximum Gasteiger partial charge on any atom is 0.266 e. The van der Waals surface area contributed by atoms with Gasteiger partial charge >= 0.3 is 0 Å². The molecule has 2 rings (SSSR count). The number of carbonyl (C=O) groups is 1. The van der Waals surface area contributed by atoms with Gasteiger partial charge in [0.15, 0.2) is 0 Å². The molecule has 18 heavy (non-hydrogen) atoms. The number of amides is 1. The van der Waals surface area contributed by atoms with Gasteiger partial charge in [-0.05, 0) is 30.2 Å². The Balaban J connectivity index is 2.25. The first-order valence-corrected chi connectivity index (χ1v) is 7.23. The third-order valence-electron chi connectivity index (χ3n) is 2.47. The van der Waals surface area contributed by atoms with Crippen molar-refractivity contribution in [3.05, 3.63) is 39.8 Å². The minimum Gasteiger partial charge on any atom is -0.293 e. The second-order valence-corrected chi connectivity index (χ2v) is 6.00. The fourth-order valence-corrected chi connectivity index (χ4v) is 3.17. The van der Waals surface area contributed by atoms with Crippen molar-refractivity contribution in [3.8, 4) is 0 Å².